The first-order valence-corrected chi connectivity index (χ1v) is 6.73. The highest BCUT2D eigenvalue weighted by molar-refractivity contribution is 5.25. The van der Waals surface area contributed by atoms with Crippen molar-refractivity contribution >= 4 is 0 Å². The maximum atomic E-state index is 4.29. The molecule has 0 aromatic carbocycles. The maximum absolute atomic E-state index is 4.29. The lowest BCUT2D eigenvalue weighted by atomic mass is 9.64. The van der Waals surface area contributed by atoms with Gasteiger partial charge in [-0.25, -0.2) is 0 Å². The van der Waals surface area contributed by atoms with Gasteiger partial charge in [-0.3, -0.25) is 9.88 Å². The number of nitrogens with one attached hydrogen (secondary N) is 1. The molecule has 2 heterocycles. The van der Waals surface area contributed by atoms with Crippen molar-refractivity contribution in [2.75, 3.05) is 32.7 Å². The number of nitrogens with zero attached hydrogens (tertiary/aromatic N) is 2. The molecule has 1 aromatic heterocycles. The Morgan fingerprint density at radius 3 is 2.71 bits per heavy atom. The van der Waals surface area contributed by atoms with Crippen LogP contribution in [0.25, 0.3) is 0 Å². The molecule has 0 unspecified atom stereocenters. The van der Waals surface area contributed by atoms with Gasteiger partial charge in [0.15, 0.2) is 0 Å². The molecular weight excluding hydrogens is 210 g/mol. The first-order valence-electron chi connectivity index (χ1n) is 6.73. The summed E-state index contributed by atoms with van der Waals surface area (Å²) in [6.07, 6.45) is 7.99. The van der Waals surface area contributed by atoms with Crippen LogP contribution in [-0.4, -0.2) is 42.6 Å². The summed E-state index contributed by atoms with van der Waals surface area (Å²) in [7, 11) is 0. The lowest BCUT2D eigenvalue weighted by Gasteiger charge is -2.46. The summed E-state index contributed by atoms with van der Waals surface area (Å²) < 4.78 is 0. The molecule has 1 saturated carbocycles. The van der Waals surface area contributed by atoms with E-state index in [9.17, 15) is 0 Å². The van der Waals surface area contributed by atoms with E-state index in [0.29, 0.717) is 5.41 Å². The fourth-order valence-electron chi connectivity index (χ4n) is 3.12. The molecule has 92 valence electrons. The minimum absolute atomic E-state index is 0.408. The Morgan fingerprint density at radius 1 is 1.29 bits per heavy atom. The lowest BCUT2D eigenvalue weighted by Crippen LogP contribution is -2.51. The average molecular weight is 231 g/mol. The van der Waals surface area contributed by atoms with Gasteiger partial charge in [-0.1, -0.05) is 12.5 Å². The Labute approximate surface area is 103 Å². The molecule has 0 radical (unpaired) electrons. The van der Waals surface area contributed by atoms with E-state index in [1.165, 1.54) is 44.5 Å². The minimum atomic E-state index is 0.408. The summed E-state index contributed by atoms with van der Waals surface area (Å²) in [6, 6.07) is 4.33. The highest BCUT2D eigenvalue weighted by atomic mass is 15.2. The van der Waals surface area contributed by atoms with E-state index in [0.717, 1.165) is 13.1 Å². The monoisotopic (exact) mass is 231 g/mol. The van der Waals surface area contributed by atoms with Gasteiger partial charge in [0.05, 0.1) is 0 Å². The van der Waals surface area contributed by atoms with Gasteiger partial charge in [-0.2, -0.15) is 0 Å². The van der Waals surface area contributed by atoms with Gasteiger partial charge in [0.2, 0.25) is 0 Å². The van der Waals surface area contributed by atoms with Crippen molar-refractivity contribution in [1.82, 2.24) is 15.2 Å². The molecule has 1 N–H and O–H groups in total. The number of hydrogen-bond donors (Lipinski definition) is 1. The van der Waals surface area contributed by atoms with Gasteiger partial charge in [-0.05, 0) is 24.5 Å². The second-order valence-electron chi connectivity index (χ2n) is 5.40. The third-order valence-electron chi connectivity index (χ3n) is 4.32. The molecule has 3 nitrogen and oxygen atoms in total. The second-order valence-corrected chi connectivity index (χ2v) is 5.40. The third-order valence-corrected chi connectivity index (χ3v) is 4.32. The predicted octanol–water partition coefficient (Wildman–Crippen LogP) is 1.41. The zero-order valence-electron chi connectivity index (χ0n) is 10.4. The summed E-state index contributed by atoms with van der Waals surface area (Å²) in [6.45, 7) is 5.90. The first-order chi connectivity index (χ1) is 8.39. The van der Waals surface area contributed by atoms with Crippen LogP contribution in [0.5, 0.6) is 0 Å². The molecule has 1 aromatic rings. The van der Waals surface area contributed by atoms with Crippen LogP contribution in [0.2, 0.25) is 0 Å². The van der Waals surface area contributed by atoms with Gasteiger partial charge >= 0.3 is 0 Å². The molecule has 3 heteroatoms. The van der Waals surface area contributed by atoms with Crippen LogP contribution in [0, 0.1) is 0 Å². The fraction of sp³-hybridized carbons (Fsp3) is 0.643. The van der Waals surface area contributed by atoms with Gasteiger partial charge < -0.3 is 5.32 Å². The molecule has 3 rings (SSSR count). The highest BCUT2D eigenvalue weighted by Crippen LogP contribution is 2.44. The van der Waals surface area contributed by atoms with Gasteiger partial charge in [0.1, 0.15) is 0 Å². The van der Waals surface area contributed by atoms with Gasteiger partial charge in [0.25, 0.3) is 0 Å². The zero-order valence-corrected chi connectivity index (χ0v) is 10.4. The van der Waals surface area contributed by atoms with E-state index in [-0.39, 0.29) is 0 Å². The number of piperazine rings is 1. The van der Waals surface area contributed by atoms with Crippen LogP contribution in [0.3, 0.4) is 0 Å². The Kier molecular flexibility index (Phi) is 3.12. The van der Waals surface area contributed by atoms with E-state index in [1.54, 1.807) is 0 Å². The maximum Gasteiger partial charge on any atom is 0.0306 e. The van der Waals surface area contributed by atoms with Crippen molar-refractivity contribution in [1.29, 1.82) is 0 Å². The van der Waals surface area contributed by atoms with E-state index < -0.39 is 0 Å². The first kappa shape index (κ1) is 11.2. The molecule has 2 fully saturated rings. The minimum Gasteiger partial charge on any atom is -0.314 e. The molecule has 17 heavy (non-hydrogen) atoms. The average Bonchev–Trinajstić information content (AvgIpc) is 2.36. The predicted molar refractivity (Wildman–Crippen MR) is 69.1 cm³/mol. The van der Waals surface area contributed by atoms with Crippen LogP contribution in [0.4, 0.5) is 0 Å². The molecule has 0 bridgehead atoms. The van der Waals surface area contributed by atoms with E-state index in [4.69, 9.17) is 0 Å². The summed E-state index contributed by atoms with van der Waals surface area (Å²) in [5.74, 6) is 0. The number of rotatable bonds is 3. The van der Waals surface area contributed by atoms with E-state index >= 15 is 0 Å². The van der Waals surface area contributed by atoms with E-state index in [2.05, 4.69) is 33.5 Å². The van der Waals surface area contributed by atoms with Crippen LogP contribution in [0.1, 0.15) is 24.8 Å². The number of hydrogen-bond acceptors (Lipinski definition) is 3. The van der Waals surface area contributed by atoms with Crippen molar-refractivity contribution in [3.05, 3.63) is 30.1 Å². The van der Waals surface area contributed by atoms with Crippen LogP contribution in [-0.2, 0) is 5.41 Å². The lowest BCUT2D eigenvalue weighted by molar-refractivity contribution is 0.128. The molecule has 0 spiro atoms. The summed E-state index contributed by atoms with van der Waals surface area (Å²) in [5, 5.41) is 3.42. The normalized spacial score (nSPS) is 24.2. The highest BCUT2D eigenvalue weighted by Gasteiger charge is 2.40. The largest absolute Gasteiger partial charge is 0.314 e. The van der Waals surface area contributed by atoms with Gasteiger partial charge in [0, 0.05) is 50.5 Å². The quantitative estimate of drug-likeness (QED) is 0.852. The number of aromatic nitrogens is 1. The number of pyridine rings is 1. The van der Waals surface area contributed by atoms with Crippen molar-refractivity contribution < 1.29 is 0 Å². The third kappa shape index (κ3) is 2.22. The Morgan fingerprint density at radius 2 is 2.12 bits per heavy atom. The van der Waals surface area contributed by atoms with Crippen molar-refractivity contribution in [3.63, 3.8) is 0 Å². The standard InChI is InChI=1S/C14H21N3/c1-3-13(11-16-6-1)14(4-2-5-14)12-17-9-7-15-8-10-17/h1,3,6,11,15H,2,4-5,7-10,12H2. The van der Waals surface area contributed by atoms with E-state index in [1.807, 2.05) is 6.20 Å². The molecule has 2 aliphatic rings. The molecular formula is C14H21N3. The Balaban J connectivity index is 1.73. The molecule has 1 aliphatic heterocycles. The summed E-state index contributed by atoms with van der Waals surface area (Å²) in [5.41, 5.74) is 1.86. The fourth-order valence-corrected chi connectivity index (χ4v) is 3.12. The molecule has 0 atom stereocenters. The van der Waals surface area contributed by atoms with Gasteiger partial charge in [-0.15, -0.1) is 0 Å². The topological polar surface area (TPSA) is 28.2 Å². The van der Waals surface area contributed by atoms with Crippen molar-refractivity contribution in [2.45, 2.75) is 24.7 Å². The van der Waals surface area contributed by atoms with Crippen LogP contribution >= 0.6 is 0 Å². The molecule has 1 aliphatic carbocycles. The molecule has 1 saturated heterocycles. The Hall–Kier alpha value is -0.930. The van der Waals surface area contributed by atoms with Crippen LogP contribution in [0.15, 0.2) is 24.5 Å². The zero-order chi connectivity index (χ0) is 11.6. The summed E-state index contributed by atoms with van der Waals surface area (Å²) in [4.78, 5) is 6.91. The Bertz CT molecular complexity index is 353. The van der Waals surface area contributed by atoms with Crippen molar-refractivity contribution in [3.8, 4) is 0 Å². The second kappa shape index (κ2) is 4.75. The molecule has 0 amide bonds. The SMILES string of the molecule is c1cncc(C2(CN3CCNCC3)CCC2)c1. The van der Waals surface area contributed by atoms with Crippen molar-refractivity contribution in [2.24, 2.45) is 0 Å². The van der Waals surface area contributed by atoms with Crippen LogP contribution < -0.4 is 5.32 Å². The summed E-state index contributed by atoms with van der Waals surface area (Å²) >= 11 is 0. The smallest absolute Gasteiger partial charge is 0.0306 e.